The number of ether oxygens (including phenoxy) is 1. The zero-order chi connectivity index (χ0) is 21.5. The van der Waals surface area contributed by atoms with Crippen LogP contribution in [-0.2, 0) is 4.74 Å². The minimum Gasteiger partial charge on any atom is -0.381 e. The molecule has 2 aliphatic rings. The molecule has 8 nitrogen and oxygen atoms in total. The number of aromatic nitrogens is 5. The summed E-state index contributed by atoms with van der Waals surface area (Å²) < 4.78 is 7.56. The number of hydrogen-bond donors (Lipinski definition) is 0. The minimum atomic E-state index is 0.432. The van der Waals surface area contributed by atoms with Gasteiger partial charge in [-0.15, -0.1) is 0 Å². The Labute approximate surface area is 183 Å². The normalized spacial score (nSPS) is 17.6. The van der Waals surface area contributed by atoms with E-state index in [1.807, 2.05) is 31.4 Å². The third-order valence-corrected chi connectivity index (χ3v) is 6.65. The highest BCUT2D eigenvalue weighted by atomic mass is 16.5. The van der Waals surface area contributed by atoms with Crippen LogP contribution in [0.2, 0.25) is 0 Å². The van der Waals surface area contributed by atoms with Crippen LogP contribution in [0.4, 0.5) is 11.6 Å². The van der Waals surface area contributed by atoms with Crippen LogP contribution >= 0.6 is 0 Å². The van der Waals surface area contributed by atoms with Crippen LogP contribution in [0.15, 0.2) is 12.1 Å². The van der Waals surface area contributed by atoms with Crippen LogP contribution in [0, 0.1) is 20.8 Å². The van der Waals surface area contributed by atoms with Crippen LogP contribution in [0.1, 0.15) is 42.8 Å². The van der Waals surface area contributed by atoms with Crippen LogP contribution in [0.5, 0.6) is 0 Å². The fraction of sp³-hybridized carbons (Fsp3) is 0.565. The molecule has 2 fully saturated rings. The average molecular weight is 422 g/mol. The van der Waals surface area contributed by atoms with E-state index in [-0.39, 0.29) is 0 Å². The summed E-state index contributed by atoms with van der Waals surface area (Å²) in [6.07, 6.45) is 4.49. The Morgan fingerprint density at radius 1 is 0.935 bits per heavy atom. The van der Waals surface area contributed by atoms with Gasteiger partial charge in [-0.2, -0.15) is 9.61 Å². The molecule has 0 atom stereocenters. The molecule has 2 saturated heterocycles. The first-order valence-electron chi connectivity index (χ1n) is 11.3. The molecule has 0 amide bonds. The van der Waals surface area contributed by atoms with Crippen molar-refractivity contribution in [2.45, 2.75) is 52.5 Å². The largest absolute Gasteiger partial charge is 0.381 e. The van der Waals surface area contributed by atoms with Crippen LogP contribution in [0.3, 0.4) is 0 Å². The van der Waals surface area contributed by atoms with Gasteiger partial charge in [0.2, 0.25) is 0 Å². The summed E-state index contributed by atoms with van der Waals surface area (Å²) in [5.74, 6) is 2.10. The molecule has 5 heterocycles. The lowest BCUT2D eigenvalue weighted by atomic mass is 10.1. The molecule has 0 unspecified atom stereocenters. The van der Waals surface area contributed by atoms with Gasteiger partial charge >= 0.3 is 0 Å². The van der Waals surface area contributed by atoms with E-state index in [9.17, 15) is 0 Å². The van der Waals surface area contributed by atoms with E-state index in [0.29, 0.717) is 6.04 Å². The third-order valence-electron chi connectivity index (χ3n) is 6.65. The standard InChI is InChI=1S/C23H31N7O/c1-15-16(2)25-23(17(3)24-15)19-13-21-26-20(29-9-5-6-10-29)14-22(30(21)27-19)28(4)18-7-11-31-12-8-18/h13-14,18H,5-12H2,1-4H3. The molecule has 8 heteroatoms. The lowest BCUT2D eigenvalue weighted by Gasteiger charge is -2.33. The van der Waals surface area contributed by atoms with Gasteiger partial charge in [0.25, 0.3) is 0 Å². The van der Waals surface area contributed by atoms with Gasteiger partial charge in [0.1, 0.15) is 23.0 Å². The average Bonchev–Trinajstić information content (AvgIpc) is 3.45. The minimum absolute atomic E-state index is 0.432. The summed E-state index contributed by atoms with van der Waals surface area (Å²) in [6, 6.07) is 4.68. The fourth-order valence-corrected chi connectivity index (χ4v) is 4.64. The first-order valence-corrected chi connectivity index (χ1v) is 11.3. The Morgan fingerprint density at radius 3 is 2.39 bits per heavy atom. The molecule has 164 valence electrons. The molecule has 0 aromatic carbocycles. The lowest BCUT2D eigenvalue weighted by Crippen LogP contribution is -2.38. The van der Waals surface area contributed by atoms with E-state index >= 15 is 0 Å². The molecule has 5 rings (SSSR count). The van der Waals surface area contributed by atoms with Crippen molar-refractivity contribution in [3.63, 3.8) is 0 Å². The number of anilines is 2. The predicted octanol–water partition coefficient (Wildman–Crippen LogP) is 3.33. The molecular formula is C23H31N7O. The van der Waals surface area contributed by atoms with Gasteiger partial charge < -0.3 is 14.5 Å². The maximum atomic E-state index is 5.59. The second kappa shape index (κ2) is 8.07. The molecule has 0 saturated carbocycles. The fourth-order valence-electron chi connectivity index (χ4n) is 4.64. The number of nitrogens with zero attached hydrogens (tertiary/aromatic N) is 7. The smallest absolute Gasteiger partial charge is 0.160 e. The maximum absolute atomic E-state index is 5.59. The van der Waals surface area contributed by atoms with E-state index in [1.54, 1.807) is 0 Å². The summed E-state index contributed by atoms with van der Waals surface area (Å²) in [6.45, 7) is 9.73. The summed E-state index contributed by atoms with van der Waals surface area (Å²) >= 11 is 0. The molecular weight excluding hydrogens is 390 g/mol. The summed E-state index contributed by atoms with van der Waals surface area (Å²) in [7, 11) is 2.17. The number of hydrogen-bond acceptors (Lipinski definition) is 7. The highest BCUT2D eigenvalue weighted by molar-refractivity contribution is 5.67. The van der Waals surface area contributed by atoms with E-state index in [2.05, 4.69) is 27.9 Å². The first kappa shape index (κ1) is 20.2. The van der Waals surface area contributed by atoms with Gasteiger partial charge in [-0.3, -0.25) is 4.98 Å². The summed E-state index contributed by atoms with van der Waals surface area (Å²) in [4.78, 5) is 19.2. The Morgan fingerprint density at radius 2 is 1.65 bits per heavy atom. The van der Waals surface area contributed by atoms with Crippen molar-refractivity contribution >= 4 is 17.3 Å². The van der Waals surface area contributed by atoms with Gasteiger partial charge in [0.05, 0.1) is 17.1 Å². The second-order valence-corrected chi connectivity index (χ2v) is 8.75. The van der Waals surface area contributed by atoms with Crippen molar-refractivity contribution in [2.24, 2.45) is 0 Å². The van der Waals surface area contributed by atoms with Crippen molar-refractivity contribution in [3.8, 4) is 11.4 Å². The molecule has 3 aromatic heterocycles. The van der Waals surface area contributed by atoms with Crippen molar-refractivity contribution < 1.29 is 4.74 Å². The lowest BCUT2D eigenvalue weighted by molar-refractivity contribution is 0.0853. The predicted molar refractivity (Wildman–Crippen MR) is 122 cm³/mol. The van der Waals surface area contributed by atoms with Gasteiger partial charge in [0, 0.05) is 51.5 Å². The van der Waals surface area contributed by atoms with Crippen molar-refractivity contribution in [3.05, 3.63) is 29.2 Å². The number of fused-ring (bicyclic) bond motifs is 1. The first-order chi connectivity index (χ1) is 15.0. The summed E-state index contributed by atoms with van der Waals surface area (Å²) in [5, 5.41) is 4.96. The quantitative estimate of drug-likeness (QED) is 0.640. The Kier molecular flexibility index (Phi) is 5.25. The zero-order valence-electron chi connectivity index (χ0n) is 18.9. The number of aryl methyl sites for hydroxylation is 3. The molecule has 0 N–H and O–H groups in total. The van der Waals surface area contributed by atoms with Crippen molar-refractivity contribution in [1.82, 2.24) is 24.6 Å². The SMILES string of the molecule is Cc1nc(C)c(-c2cc3nc(N4CCCC4)cc(N(C)C4CCOCC4)n3n2)nc1C. The Hall–Kier alpha value is -2.74. The maximum Gasteiger partial charge on any atom is 0.160 e. The van der Waals surface area contributed by atoms with Crippen molar-refractivity contribution in [1.29, 1.82) is 0 Å². The molecule has 31 heavy (non-hydrogen) atoms. The zero-order valence-corrected chi connectivity index (χ0v) is 18.9. The van der Waals surface area contributed by atoms with Gasteiger partial charge in [-0.05, 0) is 46.5 Å². The van der Waals surface area contributed by atoms with Crippen LogP contribution in [0.25, 0.3) is 17.0 Å². The highest BCUT2D eigenvalue weighted by Crippen LogP contribution is 2.30. The Balaban J connectivity index is 1.63. The molecule has 0 radical (unpaired) electrons. The van der Waals surface area contributed by atoms with E-state index in [0.717, 1.165) is 84.9 Å². The topological polar surface area (TPSA) is 71.7 Å². The second-order valence-electron chi connectivity index (χ2n) is 8.75. The highest BCUT2D eigenvalue weighted by Gasteiger charge is 2.25. The number of rotatable bonds is 4. The molecule has 0 bridgehead atoms. The Bertz CT molecular complexity index is 1100. The van der Waals surface area contributed by atoms with E-state index in [4.69, 9.17) is 19.8 Å². The third kappa shape index (κ3) is 3.73. The van der Waals surface area contributed by atoms with E-state index in [1.165, 1.54) is 12.8 Å². The van der Waals surface area contributed by atoms with Crippen molar-refractivity contribution in [2.75, 3.05) is 43.2 Å². The van der Waals surface area contributed by atoms with Crippen LogP contribution in [-0.4, -0.2) is 64.0 Å². The molecule has 2 aliphatic heterocycles. The monoisotopic (exact) mass is 421 g/mol. The van der Waals surface area contributed by atoms with Gasteiger partial charge in [-0.1, -0.05) is 0 Å². The molecule has 3 aromatic rings. The van der Waals surface area contributed by atoms with Crippen LogP contribution < -0.4 is 9.80 Å². The molecule has 0 spiro atoms. The summed E-state index contributed by atoms with van der Waals surface area (Å²) in [5.41, 5.74) is 5.29. The van der Waals surface area contributed by atoms with Gasteiger partial charge in [-0.25, -0.2) is 9.97 Å². The van der Waals surface area contributed by atoms with E-state index < -0.39 is 0 Å². The molecule has 0 aliphatic carbocycles. The van der Waals surface area contributed by atoms with Gasteiger partial charge in [0.15, 0.2) is 5.65 Å².